The molecule has 0 spiro atoms. The van der Waals surface area contributed by atoms with Gasteiger partial charge in [0.15, 0.2) is 0 Å². The second-order valence-electron chi connectivity index (χ2n) is 4.93. The molecule has 1 N–H and O–H groups in total. The van der Waals surface area contributed by atoms with E-state index in [9.17, 15) is 0 Å². The summed E-state index contributed by atoms with van der Waals surface area (Å²) in [5.41, 5.74) is 0.380. The fourth-order valence-electron chi connectivity index (χ4n) is 1.01. The molecule has 14 heavy (non-hydrogen) atoms. The molecule has 0 aliphatic carbocycles. The molecule has 0 aromatic heterocycles. The lowest BCUT2D eigenvalue weighted by Crippen LogP contribution is -2.35. The first-order valence-corrected chi connectivity index (χ1v) is 5.79. The van der Waals surface area contributed by atoms with Crippen LogP contribution in [0.1, 0.15) is 41.0 Å². The number of rotatable bonds is 8. The van der Waals surface area contributed by atoms with Gasteiger partial charge in [0.1, 0.15) is 0 Å². The Morgan fingerprint density at radius 2 is 1.86 bits per heavy atom. The molecule has 2 nitrogen and oxygen atoms in total. The highest BCUT2D eigenvalue weighted by molar-refractivity contribution is 4.74. The quantitative estimate of drug-likeness (QED) is 0.610. The normalized spacial score (nSPS) is 12.4. The van der Waals surface area contributed by atoms with Crippen molar-refractivity contribution in [2.24, 2.45) is 11.3 Å². The molecule has 2 heteroatoms. The van der Waals surface area contributed by atoms with Crippen molar-refractivity contribution < 1.29 is 4.74 Å². The van der Waals surface area contributed by atoms with E-state index in [0.29, 0.717) is 11.3 Å². The molecule has 0 aliphatic rings. The highest BCUT2D eigenvalue weighted by atomic mass is 16.5. The van der Waals surface area contributed by atoms with E-state index < -0.39 is 0 Å². The maximum Gasteiger partial charge on any atom is 0.0590 e. The molecule has 0 saturated carbocycles. The van der Waals surface area contributed by atoms with Gasteiger partial charge in [0, 0.05) is 19.7 Å². The van der Waals surface area contributed by atoms with Gasteiger partial charge < -0.3 is 10.1 Å². The van der Waals surface area contributed by atoms with Crippen LogP contribution in [0.2, 0.25) is 0 Å². The Labute approximate surface area is 89.4 Å². The van der Waals surface area contributed by atoms with Crippen molar-refractivity contribution in [3.05, 3.63) is 0 Å². The van der Waals surface area contributed by atoms with E-state index in [0.717, 1.165) is 32.7 Å². The number of nitrogens with one attached hydrogen (secondary N) is 1. The van der Waals surface area contributed by atoms with Crippen LogP contribution in [0.25, 0.3) is 0 Å². The molecule has 0 amide bonds. The van der Waals surface area contributed by atoms with Gasteiger partial charge >= 0.3 is 0 Å². The Morgan fingerprint density at radius 3 is 2.36 bits per heavy atom. The minimum atomic E-state index is 0.380. The third-order valence-corrected chi connectivity index (χ3v) is 2.92. The lowest BCUT2D eigenvalue weighted by molar-refractivity contribution is 0.131. The lowest BCUT2D eigenvalue weighted by atomic mass is 9.81. The fraction of sp³-hybridized carbons (Fsp3) is 1.00. The van der Waals surface area contributed by atoms with Gasteiger partial charge in [0.25, 0.3) is 0 Å². The van der Waals surface area contributed by atoms with Crippen LogP contribution in [-0.4, -0.2) is 26.3 Å². The Hall–Kier alpha value is -0.0800. The van der Waals surface area contributed by atoms with E-state index in [4.69, 9.17) is 4.74 Å². The monoisotopic (exact) mass is 201 g/mol. The summed E-state index contributed by atoms with van der Waals surface area (Å²) in [5.74, 6) is 0.714. The van der Waals surface area contributed by atoms with Crippen molar-refractivity contribution in [1.29, 1.82) is 0 Å². The molecule has 0 aromatic rings. The summed E-state index contributed by atoms with van der Waals surface area (Å²) in [6.07, 6.45) is 1.11. The first kappa shape index (κ1) is 13.9. The second-order valence-corrected chi connectivity index (χ2v) is 4.93. The zero-order valence-corrected chi connectivity index (χ0v) is 10.5. The van der Waals surface area contributed by atoms with Crippen LogP contribution in [0, 0.1) is 11.3 Å². The summed E-state index contributed by atoms with van der Waals surface area (Å²) in [7, 11) is 0. The molecule has 0 bridgehead atoms. The van der Waals surface area contributed by atoms with Crippen molar-refractivity contribution in [2.45, 2.75) is 41.0 Å². The van der Waals surface area contributed by atoms with Gasteiger partial charge in [-0.25, -0.2) is 0 Å². The molecule has 0 fully saturated rings. The van der Waals surface area contributed by atoms with Gasteiger partial charge in [-0.05, 0) is 17.8 Å². The molecule has 0 saturated heterocycles. The maximum atomic E-state index is 5.40. The molecule has 0 atom stereocenters. The Bertz CT molecular complexity index is 132. The van der Waals surface area contributed by atoms with E-state index in [1.165, 1.54) is 0 Å². The number of hydrogen-bond acceptors (Lipinski definition) is 2. The summed E-state index contributed by atoms with van der Waals surface area (Å²) < 4.78 is 5.40. The first-order valence-electron chi connectivity index (χ1n) is 5.79. The van der Waals surface area contributed by atoms with Crippen molar-refractivity contribution in [1.82, 2.24) is 5.32 Å². The standard InChI is InChI=1S/C12H27NO/c1-6-8-14-9-7-13-10-12(4,5)11(2)3/h11,13H,6-10H2,1-5H3. The molecule has 0 radical (unpaired) electrons. The van der Waals surface area contributed by atoms with Gasteiger partial charge in [-0.3, -0.25) is 0 Å². The zero-order valence-electron chi connectivity index (χ0n) is 10.5. The van der Waals surface area contributed by atoms with Crippen LogP contribution < -0.4 is 5.32 Å². The third kappa shape index (κ3) is 6.39. The maximum absolute atomic E-state index is 5.40. The predicted molar refractivity (Wildman–Crippen MR) is 62.6 cm³/mol. The Kier molecular flexibility index (Phi) is 7.20. The smallest absolute Gasteiger partial charge is 0.0590 e. The van der Waals surface area contributed by atoms with Crippen LogP contribution in [0.3, 0.4) is 0 Å². The SMILES string of the molecule is CCCOCCNCC(C)(C)C(C)C. The van der Waals surface area contributed by atoms with Crippen molar-refractivity contribution in [3.63, 3.8) is 0 Å². The zero-order chi connectivity index (χ0) is 11.0. The molecule has 0 unspecified atom stereocenters. The molecule has 0 aliphatic heterocycles. The van der Waals surface area contributed by atoms with E-state index >= 15 is 0 Å². The van der Waals surface area contributed by atoms with Crippen LogP contribution >= 0.6 is 0 Å². The van der Waals surface area contributed by atoms with Gasteiger partial charge in [-0.1, -0.05) is 34.6 Å². The molecular formula is C12H27NO. The van der Waals surface area contributed by atoms with Crippen molar-refractivity contribution in [3.8, 4) is 0 Å². The van der Waals surface area contributed by atoms with Gasteiger partial charge in [-0.2, -0.15) is 0 Å². The summed E-state index contributed by atoms with van der Waals surface area (Å²) in [6, 6.07) is 0. The lowest BCUT2D eigenvalue weighted by Gasteiger charge is -2.29. The summed E-state index contributed by atoms with van der Waals surface area (Å²) in [4.78, 5) is 0. The van der Waals surface area contributed by atoms with Gasteiger partial charge in [0.2, 0.25) is 0 Å². The van der Waals surface area contributed by atoms with E-state index in [1.54, 1.807) is 0 Å². The predicted octanol–water partition coefficient (Wildman–Crippen LogP) is 2.68. The summed E-state index contributed by atoms with van der Waals surface area (Å²) in [5, 5.41) is 3.44. The van der Waals surface area contributed by atoms with E-state index in [2.05, 4.69) is 39.9 Å². The largest absolute Gasteiger partial charge is 0.380 e. The average Bonchev–Trinajstić information content (AvgIpc) is 2.10. The van der Waals surface area contributed by atoms with Gasteiger partial charge in [-0.15, -0.1) is 0 Å². The topological polar surface area (TPSA) is 21.3 Å². The molecule has 86 valence electrons. The highest BCUT2D eigenvalue weighted by Crippen LogP contribution is 2.24. The minimum absolute atomic E-state index is 0.380. The summed E-state index contributed by atoms with van der Waals surface area (Å²) >= 11 is 0. The number of hydrogen-bond donors (Lipinski definition) is 1. The first-order chi connectivity index (χ1) is 6.50. The Balaban J connectivity index is 3.35. The van der Waals surface area contributed by atoms with Crippen molar-refractivity contribution in [2.75, 3.05) is 26.3 Å². The fourth-order valence-corrected chi connectivity index (χ4v) is 1.01. The van der Waals surface area contributed by atoms with Crippen LogP contribution in [0.4, 0.5) is 0 Å². The minimum Gasteiger partial charge on any atom is -0.380 e. The molecule has 0 heterocycles. The highest BCUT2D eigenvalue weighted by Gasteiger charge is 2.21. The molecule has 0 rings (SSSR count). The number of ether oxygens (including phenoxy) is 1. The Morgan fingerprint density at radius 1 is 1.21 bits per heavy atom. The van der Waals surface area contributed by atoms with Crippen molar-refractivity contribution >= 4 is 0 Å². The van der Waals surface area contributed by atoms with E-state index in [-0.39, 0.29) is 0 Å². The molecular weight excluding hydrogens is 174 g/mol. The second kappa shape index (κ2) is 7.24. The third-order valence-electron chi connectivity index (χ3n) is 2.92. The van der Waals surface area contributed by atoms with Crippen LogP contribution in [0.5, 0.6) is 0 Å². The summed E-state index contributed by atoms with van der Waals surface area (Å²) in [6.45, 7) is 15.0. The van der Waals surface area contributed by atoms with Crippen LogP contribution in [0.15, 0.2) is 0 Å². The average molecular weight is 201 g/mol. The van der Waals surface area contributed by atoms with Crippen LogP contribution in [-0.2, 0) is 4.74 Å². The molecule has 0 aromatic carbocycles. The van der Waals surface area contributed by atoms with E-state index in [1.807, 2.05) is 0 Å². The van der Waals surface area contributed by atoms with Gasteiger partial charge in [0.05, 0.1) is 6.61 Å².